The molecule has 3 aromatic rings. The smallest absolute Gasteiger partial charge is 0.266 e. The summed E-state index contributed by atoms with van der Waals surface area (Å²) in [6.07, 6.45) is 14.5. The van der Waals surface area contributed by atoms with Crippen LogP contribution in [0.1, 0.15) is 76.7 Å². The van der Waals surface area contributed by atoms with E-state index in [4.69, 9.17) is 17.3 Å². The number of unbranched alkanes of at least 4 members (excludes halogenated alkanes) is 5. The SMILES string of the molecule is CCCCCCCCN1C(=O)/C(=C/c2cn(-c3ccccc3)nc2-c2cccc(S(=O)(=O)N3CCCCCC3)c2)SC1=S. The summed E-state index contributed by atoms with van der Waals surface area (Å²) in [7, 11) is -3.64. The molecule has 0 atom stereocenters. The van der Waals surface area contributed by atoms with E-state index < -0.39 is 10.0 Å². The molecule has 0 unspecified atom stereocenters. The number of aromatic nitrogens is 2. The van der Waals surface area contributed by atoms with Crippen molar-refractivity contribution in [2.24, 2.45) is 0 Å². The number of carbonyl (C=O) groups is 1. The second-order valence-electron chi connectivity index (χ2n) is 11.2. The Morgan fingerprint density at radius 3 is 2.40 bits per heavy atom. The van der Waals surface area contributed by atoms with Gasteiger partial charge in [-0.15, -0.1) is 0 Å². The van der Waals surface area contributed by atoms with Gasteiger partial charge in [0.2, 0.25) is 10.0 Å². The van der Waals surface area contributed by atoms with Gasteiger partial charge in [0.05, 0.1) is 15.5 Å². The highest BCUT2D eigenvalue weighted by molar-refractivity contribution is 8.26. The molecule has 0 radical (unpaired) electrons. The molecule has 3 heterocycles. The van der Waals surface area contributed by atoms with Crippen LogP contribution in [-0.4, -0.2) is 57.3 Å². The van der Waals surface area contributed by atoms with Gasteiger partial charge >= 0.3 is 0 Å². The molecule has 1 amide bonds. The fourth-order valence-electron chi connectivity index (χ4n) is 5.55. The summed E-state index contributed by atoms with van der Waals surface area (Å²) in [6, 6.07) is 16.8. The van der Waals surface area contributed by atoms with Gasteiger partial charge in [-0.3, -0.25) is 9.69 Å². The lowest BCUT2D eigenvalue weighted by molar-refractivity contribution is -0.122. The lowest BCUT2D eigenvalue weighted by Gasteiger charge is -2.20. The predicted octanol–water partition coefficient (Wildman–Crippen LogP) is 7.67. The molecule has 0 N–H and O–H groups in total. The Balaban J connectivity index is 1.45. The van der Waals surface area contributed by atoms with Gasteiger partial charge in [0.1, 0.15) is 10.0 Å². The molecular formula is C33H40N4O3S3. The zero-order valence-electron chi connectivity index (χ0n) is 24.8. The third-order valence-corrected chi connectivity index (χ3v) is 11.2. The highest BCUT2D eigenvalue weighted by Crippen LogP contribution is 2.36. The van der Waals surface area contributed by atoms with Crippen LogP contribution in [-0.2, 0) is 14.8 Å². The van der Waals surface area contributed by atoms with Crippen molar-refractivity contribution < 1.29 is 13.2 Å². The van der Waals surface area contributed by atoms with Crippen LogP contribution in [0.4, 0.5) is 0 Å². The minimum atomic E-state index is -3.64. The molecule has 0 spiro atoms. The number of benzene rings is 2. The molecule has 5 rings (SSSR count). The van der Waals surface area contributed by atoms with Crippen LogP contribution in [0.15, 0.2) is 70.6 Å². The summed E-state index contributed by atoms with van der Waals surface area (Å²) in [4.78, 5) is 16.0. The van der Waals surface area contributed by atoms with Crippen molar-refractivity contribution in [2.75, 3.05) is 19.6 Å². The number of rotatable bonds is 12. The normalized spacial score (nSPS) is 17.6. The van der Waals surface area contributed by atoms with Crippen LogP contribution in [0.2, 0.25) is 0 Å². The molecule has 2 aromatic carbocycles. The number of hydrogen-bond donors (Lipinski definition) is 0. The van der Waals surface area contributed by atoms with E-state index in [1.165, 1.54) is 37.4 Å². The first kappa shape index (κ1) is 31.6. The van der Waals surface area contributed by atoms with Crippen molar-refractivity contribution in [3.8, 4) is 16.9 Å². The number of nitrogens with zero attached hydrogens (tertiary/aromatic N) is 4. The van der Waals surface area contributed by atoms with Crippen LogP contribution in [0, 0.1) is 0 Å². The average molecular weight is 637 g/mol. The number of thiocarbonyl (C=S) groups is 1. The van der Waals surface area contributed by atoms with Gasteiger partial charge in [-0.25, -0.2) is 13.1 Å². The van der Waals surface area contributed by atoms with Gasteiger partial charge < -0.3 is 0 Å². The molecule has 10 heteroatoms. The Kier molecular flexibility index (Phi) is 10.9. The summed E-state index contributed by atoms with van der Waals surface area (Å²) in [5.74, 6) is -0.0838. The summed E-state index contributed by atoms with van der Waals surface area (Å²) in [6.45, 7) is 3.92. The molecule has 0 saturated carbocycles. The van der Waals surface area contributed by atoms with E-state index in [-0.39, 0.29) is 10.8 Å². The molecule has 2 saturated heterocycles. The lowest BCUT2D eigenvalue weighted by atomic mass is 10.1. The number of amides is 1. The summed E-state index contributed by atoms with van der Waals surface area (Å²) >= 11 is 6.92. The highest BCUT2D eigenvalue weighted by atomic mass is 32.2. The molecule has 43 heavy (non-hydrogen) atoms. The van der Waals surface area contributed by atoms with Crippen molar-refractivity contribution in [1.29, 1.82) is 0 Å². The Morgan fingerprint density at radius 2 is 1.65 bits per heavy atom. The molecule has 7 nitrogen and oxygen atoms in total. The Bertz CT molecular complexity index is 1560. The summed E-state index contributed by atoms with van der Waals surface area (Å²) in [5, 5.41) is 4.89. The minimum absolute atomic E-state index is 0.0838. The summed E-state index contributed by atoms with van der Waals surface area (Å²) < 4.78 is 31.2. The van der Waals surface area contributed by atoms with E-state index in [1.807, 2.05) is 48.7 Å². The monoisotopic (exact) mass is 636 g/mol. The van der Waals surface area contributed by atoms with Crippen LogP contribution < -0.4 is 0 Å². The average Bonchev–Trinajstić information content (AvgIpc) is 3.40. The van der Waals surface area contributed by atoms with Crippen LogP contribution in [0.5, 0.6) is 0 Å². The van der Waals surface area contributed by atoms with Crippen molar-refractivity contribution in [1.82, 2.24) is 19.0 Å². The van der Waals surface area contributed by atoms with E-state index in [9.17, 15) is 13.2 Å². The van der Waals surface area contributed by atoms with Crippen LogP contribution >= 0.6 is 24.0 Å². The number of carbonyl (C=O) groups excluding carboxylic acids is 1. The van der Waals surface area contributed by atoms with Gasteiger partial charge in [-0.05, 0) is 49.6 Å². The number of thioether (sulfide) groups is 1. The maximum absolute atomic E-state index is 13.6. The van der Waals surface area contributed by atoms with E-state index in [0.29, 0.717) is 40.1 Å². The fraction of sp³-hybridized carbons (Fsp3) is 0.424. The van der Waals surface area contributed by atoms with Gasteiger partial charge in [0.15, 0.2) is 0 Å². The zero-order valence-corrected chi connectivity index (χ0v) is 27.2. The van der Waals surface area contributed by atoms with E-state index in [2.05, 4.69) is 6.92 Å². The first-order chi connectivity index (χ1) is 20.9. The Morgan fingerprint density at radius 1 is 0.930 bits per heavy atom. The summed E-state index contributed by atoms with van der Waals surface area (Å²) in [5.41, 5.74) is 2.89. The van der Waals surface area contributed by atoms with Crippen molar-refractivity contribution in [2.45, 2.75) is 76.0 Å². The van der Waals surface area contributed by atoms with Crippen LogP contribution in [0.3, 0.4) is 0 Å². The number of para-hydroxylation sites is 1. The Labute approximate surface area is 265 Å². The largest absolute Gasteiger partial charge is 0.293 e. The van der Waals surface area contributed by atoms with E-state index in [0.717, 1.165) is 49.8 Å². The molecule has 2 aliphatic rings. The molecular weight excluding hydrogens is 597 g/mol. The molecule has 0 aliphatic carbocycles. The van der Waals surface area contributed by atoms with E-state index in [1.54, 1.807) is 32.1 Å². The second-order valence-corrected chi connectivity index (χ2v) is 14.8. The van der Waals surface area contributed by atoms with Crippen molar-refractivity contribution in [3.63, 3.8) is 0 Å². The molecule has 2 aliphatic heterocycles. The van der Waals surface area contributed by atoms with Gasteiger partial charge in [0, 0.05) is 37.0 Å². The van der Waals surface area contributed by atoms with Crippen molar-refractivity contribution in [3.05, 3.63) is 71.3 Å². The fourth-order valence-corrected chi connectivity index (χ4v) is 8.41. The lowest BCUT2D eigenvalue weighted by Crippen LogP contribution is -2.31. The Hall–Kier alpha value is -2.79. The number of hydrogen-bond acceptors (Lipinski definition) is 6. The quantitative estimate of drug-likeness (QED) is 0.115. The maximum atomic E-state index is 13.6. The first-order valence-electron chi connectivity index (χ1n) is 15.4. The molecule has 1 aromatic heterocycles. The zero-order chi connectivity index (χ0) is 30.2. The second kappa shape index (κ2) is 14.8. The van der Waals surface area contributed by atoms with E-state index >= 15 is 0 Å². The highest BCUT2D eigenvalue weighted by Gasteiger charge is 2.32. The maximum Gasteiger partial charge on any atom is 0.266 e. The van der Waals surface area contributed by atoms with Crippen LogP contribution in [0.25, 0.3) is 23.0 Å². The van der Waals surface area contributed by atoms with Crippen molar-refractivity contribution >= 4 is 50.3 Å². The predicted molar refractivity (Wildman–Crippen MR) is 179 cm³/mol. The molecule has 2 fully saturated rings. The van der Waals surface area contributed by atoms with Gasteiger partial charge in [-0.1, -0.05) is 106 Å². The number of sulfonamides is 1. The molecule has 0 bridgehead atoms. The third kappa shape index (κ3) is 7.66. The standard InChI is InChI=1S/C33H40N4O3S3/c1-2-3-4-5-6-14-22-36-32(38)30(42-33(36)41)24-27-25-37(28-17-10-9-11-18-28)34-31(27)26-16-15-19-29(23-26)43(39,40)35-20-12-7-8-13-21-35/h9-11,15-19,23-25H,2-8,12-14,20-22H2,1H3/b30-24-. The third-order valence-electron chi connectivity index (χ3n) is 7.97. The first-order valence-corrected chi connectivity index (χ1v) is 18.1. The minimum Gasteiger partial charge on any atom is -0.293 e. The van der Waals surface area contributed by atoms with Gasteiger partial charge in [-0.2, -0.15) is 9.40 Å². The molecule has 228 valence electrons. The van der Waals surface area contributed by atoms with Gasteiger partial charge in [0.25, 0.3) is 5.91 Å². The topological polar surface area (TPSA) is 75.5 Å².